The lowest BCUT2D eigenvalue weighted by atomic mass is 10.4. The summed E-state index contributed by atoms with van der Waals surface area (Å²) in [5.74, 6) is 0.818. The number of hydrogen-bond donors (Lipinski definition) is 1. The van der Waals surface area contributed by atoms with Crippen molar-refractivity contribution in [2.24, 2.45) is 5.73 Å². The molecule has 2 N–H and O–H groups in total. The number of aromatic nitrogens is 1. The number of ether oxygens (including phenoxy) is 1. The summed E-state index contributed by atoms with van der Waals surface area (Å²) in [5, 5.41) is 1.59. The number of halogens is 1. The topological polar surface area (TPSA) is 48.1 Å². The van der Waals surface area contributed by atoms with E-state index in [2.05, 4.69) is 4.98 Å². The van der Waals surface area contributed by atoms with Gasteiger partial charge in [-0.05, 0) is 19.1 Å². The molecule has 1 aromatic rings. The normalized spacial score (nSPS) is 12.7. The summed E-state index contributed by atoms with van der Waals surface area (Å²) < 4.78 is 5.44. The van der Waals surface area contributed by atoms with Gasteiger partial charge in [0.05, 0.1) is 16.2 Å². The van der Waals surface area contributed by atoms with Crippen molar-refractivity contribution in [2.45, 2.75) is 18.1 Å². The first kappa shape index (κ1) is 12.8. The van der Waals surface area contributed by atoms with Crippen LogP contribution >= 0.6 is 23.4 Å². The first-order valence-corrected chi connectivity index (χ1v) is 6.18. The van der Waals surface area contributed by atoms with Gasteiger partial charge in [0.25, 0.3) is 0 Å². The Labute approximate surface area is 99.4 Å². The summed E-state index contributed by atoms with van der Waals surface area (Å²) in [5.41, 5.74) is 5.57. The van der Waals surface area contributed by atoms with Gasteiger partial charge < -0.3 is 10.5 Å². The van der Waals surface area contributed by atoms with Crippen LogP contribution in [0, 0.1) is 0 Å². The molecule has 0 saturated carbocycles. The Balaban J connectivity index is 2.38. The predicted octanol–water partition coefficient (Wildman–Crippen LogP) is 2.19. The van der Waals surface area contributed by atoms with Crippen molar-refractivity contribution < 1.29 is 4.74 Å². The molecule has 1 heterocycles. The molecule has 0 radical (unpaired) electrons. The zero-order valence-corrected chi connectivity index (χ0v) is 10.2. The van der Waals surface area contributed by atoms with E-state index in [-0.39, 0.29) is 6.10 Å². The van der Waals surface area contributed by atoms with Gasteiger partial charge in [0.1, 0.15) is 0 Å². The largest absolute Gasteiger partial charge is 0.376 e. The van der Waals surface area contributed by atoms with Crippen LogP contribution in [0.25, 0.3) is 0 Å². The maximum absolute atomic E-state index is 5.73. The average Bonchev–Trinajstić information content (AvgIpc) is 2.26. The SMILES string of the molecule is CCOC(CN)CSc1ccc(Cl)cn1. The highest BCUT2D eigenvalue weighted by atomic mass is 35.5. The molecular formula is C10H15ClN2OS. The minimum Gasteiger partial charge on any atom is -0.376 e. The third-order valence-corrected chi connectivity index (χ3v) is 3.08. The maximum atomic E-state index is 5.73. The Kier molecular flexibility index (Phi) is 6.02. The molecule has 1 aromatic heterocycles. The van der Waals surface area contributed by atoms with E-state index in [0.29, 0.717) is 18.2 Å². The lowest BCUT2D eigenvalue weighted by Crippen LogP contribution is -2.26. The first-order chi connectivity index (χ1) is 7.26. The average molecular weight is 247 g/mol. The van der Waals surface area contributed by atoms with Crippen molar-refractivity contribution in [1.29, 1.82) is 0 Å². The molecular weight excluding hydrogens is 232 g/mol. The Morgan fingerprint density at radius 3 is 2.93 bits per heavy atom. The molecule has 84 valence electrons. The van der Waals surface area contributed by atoms with E-state index in [0.717, 1.165) is 10.8 Å². The fourth-order valence-corrected chi connectivity index (χ4v) is 2.04. The van der Waals surface area contributed by atoms with Crippen LogP contribution < -0.4 is 5.73 Å². The highest BCUT2D eigenvalue weighted by Gasteiger charge is 2.06. The molecule has 0 aromatic carbocycles. The standard InChI is InChI=1S/C10H15ClN2OS/c1-2-14-9(5-12)7-15-10-4-3-8(11)6-13-10/h3-4,6,9H,2,5,7,12H2,1H3. The van der Waals surface area contributed by atoms with Gasteiger partial charge in [-0.2, -0.15) is 0 Å². The molecule has 3 nitrogen and oxygen atoms in total. The molecule has 0 aliphatic carbocycles. The minimum absolute atomic E-state index is 0.0949. The number of thioether (sulfide) groups is 1. The Morgan fingerprint density at radius 2 is 2.40 bits per heavy atom. The number of nitrogens with zero attached hydrogens (tertiary/aromatic N) is 1. The summed E-state index contributed by atoms with van der Waals surface area (Å²) in [6, 6.07) is 3.72. The summed E-state index contributed by atoms with van der Waals surface area (Å²) in [7, 11) is 0. The highest BCUT2D eigenvalue weighted by Crippen LogP contribution is 2.18. The van der Waals surface area contributed by atoms with Crippen LogP contribution in [-0.4, -0.2) is 30.0 Å². The summed E-state index contributed by atoms with van der Waals surface area (Å²) in [4.78, 5) is 4.18. The van der Waals surface area contributed by atoms with Crippen LogP contribution in [0.2, 0.25) is 5.02 Å². The number of nitrogens with two attached hydrogens (primary N) is 1. The third kappa shape index (κ3) is 4.84. The van der Waals surface area contributed by atoms with Gasteiger partial charge in [-0.25, -0.2) is 4.98 Å². The molecule has 0 aliphatic rings. The minimum atomic E-state index is 0.0949. The molecule has 0 aliphatic heterocycles. The zero-order valence-electron chi connectivity index (χ0n) is 8.65. The van der Waals surface area contributed by atoms with E-state index in [1.54, 1.807) is 18.0 Å². The lowest BCUT2D eigenvalue weighted by molar-refractivity contribution is 0.0858. The Morgan fingerprint density at radius 1 is 1.60 bits per heavy atom. The van der Waals surface area contributed by atoms with Crippen molar-refractivity contribution in [2.75, 3.05) is 18.9 Å². The van der Waals surface area contributed by atoms with Crippen LogP contribution in [0.4, 0.5) is 0 Å². The van der Waals surface area contributed by atoms with Gasteiger partial charge in [-0.3, -0.25) is 0 Å². The van der Waals surface area contributed by atoms with Crippen molar-refractivity contribution in [3.05, 3.63) is 23.4 Å². The monoisotopic (exact) mass is 246 g/mol. The molecule has 1 rings (SSSR count). The van der Waals surface area contributed by atoms with E-state index in [9.17, 15) is 0 Å². The zero-order chi connectivity index (χ0) is 11.1. The van der Waals surface area contributed by atoms with Crippen LogP contribution in [0.15, 0.2) is 23.4 Å². The molecule has 1 unspecified atom stereocenters. The van der Waals surface area contributed by atoms with Crippen LogP contribution in [0.3, 0.4) is 0 Å². The molecule has 0 fully saturated rings. The summed E-state index contributed by atoms with van der Waals surface area (Å²) in [6.07, 6.45) is 1.74. The molecule has 0 spiro atoms. The van der Waals surface area contributed by atoms with Gasteiger partial charge in [0, 0.05) is 25.1 Å². The van der Waals surface area contributed by atoms with E-state index in [1.807, 2.05) is 19.1 Å². The second-order valence-electron chi connectivity index (χ2n) is 2.94. The van der Waals surface area contributed by atoms with Gasteiger partial charge in [0.2, 0.25) is 0 Å². The molecule has 1 atom stereocenters. The number of pyridine rings is 1. The Bertz CT molecular complexity index is 281. The van der Waals surface area contributed by atoms with E-state index in [1.165, 1.54) is 0 Å². The van der Waals surface area contributed by atoms with Crippen LogP contribution in [0.5, 0.6) is 0 Å². The van der Waals surface area contributed by atoms with Gasteiger partial charge in [-0.15, -0.1) is 11.8 Å². The quantitative estimate of drug-likeness (QED) is 0.782. The van der Waals surface area contributed by atoms with Gasteiger partial charge in [0.15, 0.2) is 0 Å². The fourth-order valence-electron chi connectivity index (χ4n) is 1.05. The van der Waals surface area contributed by atoms with E-state index in [4.69, 9.17) is 22.1 Å². The number of rotatable bonds is 6. The second-order valence-corrected chi connectivity index (χ2v) is 4.42. The van der Waals surface area contributed by atoms with Crippen LogP contribution in [0.1, 0.15) is 6.92 Å². The highest BCUT2D eigenvalue weighted by molar-refractivity contribution is 7.99. The van der Waals surface area contributed by atoms with Crippen molar-refractivity contribution >= 4 is 23.4 Å². The molecule has 5 heteroatoms. The Hall–Kier alpha value is -0.290. The lowest BCUT2D eigenvalue weighted by Gasteiger charge is -2.13. The summed E-state index contributed by atoms with van der Waals surface area (Å²) in [6.45, 7) is 3.19. The molecule has 0 amide bonds. The smallest absolute Gasteiger partial charge is 0.0961 e. The number of hydrogen-bond acceptors (Lipinski definition) is 4. The van der Waals surface area contributed by atoms with Gasteiger partial charge in [-0.1, -0.05) is 11.6 Å². The van der Waals surface area contributed by atoms with E-state index >= 15 is 0 Å². The summed E-state index contributed by atoms with van der Waals surface area (Å²) >= 11 is 7.36. The van der Waals surface area contributed by atoms with Crippen molar-refractivity contribution in [1.82, 2.24) is 4.98 Å². The van der Waals surface area contributed by atoms with E-state index < -0.39 is 0 Å². The van der Waals surface area contributed by atoms with Crippen LogP contribution in [-0.2, 0) is 4.74 Å². The van der Waals surface area contributed by atoms with Crippen molar-refractivity contribution in [3.8, 4) is 0 Å². The maximum Gasteiger partial charge on any atom is 0.0961 e. The van der Waals surface area contributed by atoms with Gasteiger partial charge >= 0.3 is 0 Å². The molecule has 0 saturated heterocycles. The predicted molar refractivity (Wildman–Crippen MR) is 64.4 cm³/mol. The molecule has 0 bridgehead atoms. The fraction of sp³-hybridized carbons (Fsp3) is 0.500. The van der Waals surface area contributed by atoms with Crippen molar-refractivity contribution in [3.63, 3.8) is 0 Å². The first-order valence-electron chi connectivity index (χ1n) is 4.82. The second kappa shape index (κ2) is 7.06. The third-order valence-electron chi connectivity index (χ3n) is 1.78. The molecule has 15 heavy (non-hydrogen) atoms.